The van der Waals surface area contributed by atoms with Crippen molar-refractivity contribution in [2.45, 2.75) is 0 Å². The van der Waals surface area contributed by atoms with Crippen molar-refractivity contribution in [2.24, 2.45) is 0 Å². The van der Waals surface area contributed by atoms with Crippen molar-refractivity contribution in [2.75, 3.05) is 0 Å². The van der Waals surface area contributed by atoms with Gasteiger partial charge in [0.2, 0.25) is 12.3 Å². The molecule has 1 rings (SSSR count). The Labute approximate surface area is 60.2 Å². The van der Waals surface area contributed by atoms with Crippen LogP contribution in [0, 0.1) is 3.95 Å². The smallest absolute Gasteiger partial charge is 0.222 e. The highest BCUT2D eigenvalue weighted by molar-refractivity contribution is 7.73. The van der Waals surface area contributed by atoms with Gasteiger partial charge in [0.25, 0.3) is 0 Å². The second-order valence-electron chi connectivity index (χ2n) is 1.34. The molecular weight excluding hydrogens is 158 g/mol. The van der Waals surface area contributed by atoms with Crippen LogP contribution >= 0.6 is 23.6 Å². The van der Waals surface area contributed by atoms with Gasteiger partial charge in [-0.3, -0.25) is 4.79 Å². The molecule has 0 radical (unpaired) electrons. The molecule has 0 fully saturated rings. The van der Waals surface area contributed by atoms with E-state index in [-0.39, 0.29) is 5.88 Å². The Morgan fingerprint density at radius 3 is 2.78 bits per heavy atom. The fraction of sp³-hybridized carbons (Fsp3) is 0. The van der Waals surface area contributed by atoms with Crippen LogP contribution in [-0.2, 0) is 4.79 Å². The van der Waals surface area contributed by atoms with Gasteiger partial charge >= 0.3 is 0 Å². The van der Waals surface area contributed by atoms with E-state index in [4.69, 9.17) is 5.11 Å². The third-order valence-corrected chi connectivity index (χ3v) is 2.03. The maximum atomic E-state index is 10.1. The van der Waals surface area contributed by atoms with Gasteiger partial charge in [-0.1, -0.05) is 0 Å². The molecule has 9 heavy (non-hydrogen) atoms. The molecule has 3 nitrogen and oxygen atoms in total. The molecule has 0 atom stereocenters. The Hall–Kier alpha value is -0.680. The van der Waals surface area contributed by atoms with E-state index in [0.29, 0.717) is 10.4 Å². The topological polar surface area (TPSA) is 42.2 Å². The molecule has 5 heteroatoms. The van der Waals surface area contributed by atoms with E-state index in [0.717, 1.165) is 15.9 Å². The van der Waals surface area contributed by atoms with Crippen LogP contribution in [0.4, 0.5) is 0 Å². The molecule has 0 saturated heterocycles. The second kappa shape index (κ2) is 2.28. The first-order chi connectivity index (χ1) is 4.25. The largest absolute Gasteiger partial charge is 0.494 e. The van der Waals surface area contributed by atoms with Crippen molar-refractivity contribution < 1.29 is 9.90 Å². The van der Waals surface area contributed by atoms with Gasteiger partial charge in [-0.15, -0.1) is 11.3 Å². The molecular formula is C4H3NO2S2. The van der Waals surface area contributed by atoms with Crippen molar-refractivity contribution in [3.05, 3.63) is 9.33 Å². The lowest BCUT2D eigenvalue weighted by molar-refractivity contribution is 0.439. The average Bonchev–Trinajstić information content (AvgIpc) is 2.12. The number of aromatic nitrogens is 1. The molecule has 0 aliphatic carbocycles. The minimum atomic E-state index is -0.0972. The predicted octanol–water partition coefficient (Wildman–Crippen LogP) is 1.02. The number of carbonyl (C=O) groups is 1. The summed E-state index contributed by atoms with van der Waals surface area (Å²) < 4.78 is 1.36. The van der Waals surface area contributed by atoms with E-state index in [1.807, 2.05) is 0 Å². The first kappa shape index (κ1) is 6.44. The molecule has 0 aliphatic rings. The molecule has 0 spiro atoms. The lowest BCUT2D eigenvalue weighted by atomic mass is 10.8. The normalized spacial score (nSPS) is 9.33. The summed E-state index contributed by atoms with van der Waals surface area (Å²) in [5.74, 6) is -0.0972. The van der Waals surface area contributed by atoms with Crippen LogP contribution < -0.4 is 0 Å². The van der Waals surface area contributed by atoms with E-state index in [1.165, 1.54) is 5.38 Å². The van der Waals surface area contributed by atoms with E-state index in [2.05, 4.69) is 12.2 Å². The molecule has 0 unspecified atom stereocenters. The van der Waals surface area contributed by atoms with Gasteiger partial charge in [0.15, 0.2) is 3.95 Å². The van der Waals surface area contributed by atoms with Crippen LogP contribution in [0.3, 0.4) is 0 Å². The van der Waals surface area contributed by atoms with Crippen molar-refractivity contribution in [3.63, 3.8) is 0 Å². The summed E-state index contributed by atoms with van der Waals surface area (Å²) in [5.41, 5.74) is 0. The molecule has 0 aromatic carbocycles. The lowest BCUT2D eigenvalue weighted by Gasteiger charge is -1.86. The molecule has 0 aliphatic heterocycles. The van der Waals surface area contributed by atoms with Crippen molar-refractivity contribution in [1.82, 2.24) is 4.57 Å². The van der Waals surface area contributed by atoms with Crippen molar-refractivity contribution in [3.8, 4) is 5.88 Å². The Morgan fingerprint density at radius 2 is 2.56 bits per heavy atom. The Balaban J connectivity index is 3.40. The molecule has 1 aromatic heterocycles. The summed E-state index contributed by atoms with van der Waals surface area (Å²) in [4.78, 5) is 10.1. The van der Waals surface area contributed by atoms with Crippen LogP contribution in [0.25, 0.3) is 0 Å². The highest BCUT2D eigenvalue weighted by Gasteiger charge is 1.97. The zero-order valence-corrected chi connectivity index (χ0v) is 5.91. The fourth-order valence-electron chi connectivity index (χ4n) is 0.407. The number of rotatable bonds is 1. The monoisotopic (exact) mass is 161 g/mol. The molecule has 1 N–H and O–H groups in total. The van der Waals surface area contributed by atoms with E-state index >= 15 is 0 Å². The molecule has 0 bridgehead atoms. The summed E-state index contributed by atoms with van der Waals surface area (Å²) >= 11 is 5.81. The maximum Gasteiger partial charge on any atom is 0.222 e. The minimum absolute atomic E-state index is 0.0972. The molecule has 48 valence electrons. The van der Waals surface area contributed by atoms with Gasteiger partial charge in [0, 0.05) is 0 Å². The first-order valence-electron chi connectivity index (χ1n) is 2.10. The number of hydrogen-bond donors (Lipinski definition) is 1. The molecule has 1 aromatic rings. The third kappa shape index (κ3) is 1.01. The Kier molecular flexibility index (Phi) is 1.63. The van der Waals surface area contributed by atoms with Gasteiger partial charge in [-0.2, -0.15) is 0 Å². The van der Waals surface area contributed by atoms with Gasteiger partial charge in [0.05, 0.1) is 5.38 Å². The van der Waals surface area contributed by atoms with E-state index in [1.54, 1.807) is 0 Å². The van der Waals surface area contributed by atoms with Gasteiger partial charge in [-0.05, 0) is 12.2 Å². The number of carbonyl (C=O) groups excluding carboxylic acids is 1. The lowest BCUT2D eigenvalue weighted by Crippen LogP contribution is -1.90. The molecule has 1 heterocycles. The predicted molar refractivity (Wildman–Crippen MR) is 37.0 cm³/mol. The maximum absolute atomic E-state index is 10.1. The third-order valence-electron chi connectivity index (χ3n) is 0.814. The SMILES string of the molecule is O=Cn1c(O)csc1=S. The minimum Gasteiger partial charge on any atom is -0.494 e. The summed E-state index contributed by atoms with van der Waals surface area (Å²) in [6, 6.07) is 0. The van der Waals surface area contributed by atoms with Crippen LogP contribution in [0.1, 0.15) is 0 Å². The van der Waals surface area contributed by atoms with Crippen LogP contribution in [-0.4, -0.2) is 16.1 Å². The molecule has 0 amide bonds. The van der Waals surface area contributed by atoms with Gasteiger partial charge < -0.3 is 5.11 Å². The average molecular weight is 161 g/mol. The highest BCUT2D eigenvalue weighted by Crippen LogP contribution is 2.13. The highest BCUT2D eigenvalue weighted by atomic mass is 32.1. The Bertz CT molecular complexity index is 274. The quantitative estimate of drug-likeness (QED) is 0.494. The van der Waals surface area contributed by atoms with Crippen LogP contribution in [0.2, 0.25) is 0 Å². The number of aromatic hydroxyl groups is 1. The number of thiazole rings is 1. The number of hydrogen-bond acceptors (Lipinski definition) is 4. The second-order valence-corrected chi connectivity index (χ2v) is 2.84. The number of nitrogens with zero attached hydrogens (tertiary/aromatic N) is 1. The standard InChI is InChI=1S/C4H3NO2S2/c6-2-5-3(7)1-9-4(5)8/h1-2,7H. The Morgan fingerprint density at radius 1 is 1.89 bits per heavy atom. The van der Waals surface area contributed by atoms with E-state index in [9.17, 15) is 4.79 Å². The zero-order valence-electron chi connectivity index (χ0n) is 4.27. The summed E-state index contributed by atoms with van der Waals surface area (Å²) in [7, 11) is 0. The molecule has 0 saturated carbocycles. The van der Waals surface area contributed by atoms with Gasteiger partial charge in [-0.25, -0.2) is 4.57 Å². The fourth-order valence-corrected chi connectivity index (χ4v) is 1.26. The van der Waals surface area contributed by atoms with Crippen LogP contribution in [0.15, 0.2) is 5.38 Å². The van der Waals surface area contributed by atoms with Crippen molar-refractivity contribution in [1.29, 1.82) is 0 Å². The summed E-state index contributed by atoms with van der Waals surface area (Å²) in [5, 5.41) is 10.2. The van der Waals surface area contributed by atoms with Crippen LogP contribution in [0.5, 0.6) is 5.88 Å². The van der Waals surface area contributed by atoms with E-state index < -0.39 is 0 Å². The first-order valence-corrected chi connectivity index (χ1v) is 3.39. The van der Waals surface area contributed by atoms with Crippen molar-refractivity contribution >= 4 is 30.0 Å². The van der Waals surface area contributed by atoms with Gasteiger partial charge in [0.1, 0.15) is 0 Å². The summed E-state index contributed by atoms with van der Waals surface area (Å²) in [6.07, 6.45) is 0.480. The zero-order chi connectivity index (χ0) is 6.85. The summed E-state index contributed by atoms with van der Waals surface area (Å²) in [6.45, 7) is 0.